The summed E-state index contributed by atoms with van der Waals surface area (Å²) in [7, 11) is 0. The lowest BCUT2D eigenvalue weighted by Crippen LogP contribution is -2.41. The summed E-state index contributed by atoms with van der Waals surface area (Å²) in [6, 6.07) is 9.78. The van der Waals surface area contributed by atoms with Gasteiger partial charge in [-0.15, -0.1) is 5.10 Å². The van der Waals surface area contributed by atoms with Crippen molar-refractivity contribution < 1.29 is 4.74 Å². The van der Waals surface area contributed by atoms with Gasteiger partial charge in [0.15, 0.2) is 5.82 Å². The molecule has 1 aliphatic rings. The third kappa shape index (κ3) is 3.30. The van der Waals surface area contributed by atoms with E-state index in [2.05, 4.69) is 47.3 Å². The Hall–Kier alpha value is -2.30. The Labute approximate surface area is 141 Å². The van der Waals surface area contributed by atoms with Crippen LogP contribution in [0.4, 0.5) is 0 Å². The maximum absolute atomic E-state index is 9.24. The summed E-state index contributed by atoms with van der Waals surface area (Å²) in [4.78, 5) is 2.31. The zero-order valence-corrected chi connectivity index (χ0v) is 14.3. The van der Waals surface area contributed by atoms with E-state index in [4.69, 9.17) is 4.74 Å². The predicted molar refractivity (Wildman–Crippen MR) is 88.2 cm³/mol. The molecule has 24 heavy (non-hydrogen) atoms. The van der Waals surface area contributed by atoms with Crippen LogP contribution in [-0.2, 0) is 10.3 Å². The first-order chi connectivity index (χ1) is 11.5. The average Bonchev–Trinajstić information content (AvgIpc) is 3.06. The monoisotopic (exact) mass is 326 g/mol. The van der Waals surface area contributed by atoms with Gasteiger partial charge in [-0.1, -0.05) is 12.1 Å². The van der Waals surface area contributed by atoms with Crippen LogP contribution in [0.3, 0.4) is 0 Å². The van der Waals surface area contributed by atoms with Gasteiger partial charge in [0.05, 0.1) is 36.4 Å². The Morgan fingerprint density at radius 2 is 2.00 bits per heavy atom. The molecule has 1 aromatic heterocycles. The van der Waals surface area contributed by atoms with E-state index in [1.165, 1.54) is 0 Å². The molecule has 0 amide bonds. The second-order valence-corrected chi connectivity index (χ2v) is 6.91. The van der Waals surface area contributed by atoms with Crippen LogP contribution in [0, 0.1) is 11.3 Å². The number of benzene rings is 1. The number of morpholine rings is 1. The number of hydrogen-bond acceptors (Lipinski definition) is 6. The van der Waals surface area contributed by atoms with Crippen LogP contribution < -0.4 is 0 Å². The van der Waals surface area contributed by atoms with Crippen LogP contribution in [0.2, 0.25) is 0 Å². The van der Waals surface area contributed by atoms with Gasteiger partial charge in [-0.2, -0.15) is 5.26 Å². The van der Waals surface area contributed by atoms with Crippen molar-refractivity contribution in [2.45, 2.75) is 32.4 Å². The lowest BCUT2D eigenvalue weighted by Gasteiger charge is -2.35. The minimum atomic E-state index is -0.226. The Morgan fingerprint density at radius 1 is 1.25 bits per heavy atom. The molecule has 3 rings (SSSR count). The fourth-order valence-electron chi connectivity index (χ4n) is 2.98. The number of nitriles is 1. The van der Waals surface area contributed by atoms with Crippen molar-refractivity contribution in [3.8, 4) is 6.07 Å². The van der Waals surface area contributed by atoms with E-state index < -0.39 is 0 Å². The molecule has 126 valence electrons. The highest BCUT2D eigenvalue weighted by atomic mass is 16.5. The maximum Gasteiger partial charge on any atom is 0.173 e. The Balaban J connectivity index is 2.09. The third-order valence-electron chi connectivity index (χ3n) is 4.12. The second kappa shape index (κ2) is 6.67. The van der Waals surface area contributed by atoms with Crippen molar-refractivity contribution in [2.75, 3.05) is 26.3 Å². The molecule has 0 unspecified atom stereocenters. The van der Waals surface area contributed by atoms with Crippen molar-refractivity contribution >= 4 is 0 Å². The van der Waals surface area contributed by atoms with E-state index >= 15 is 0 Å². The molecule has 1 aliphatic heterocycles. The molecular formula is C17H22N6O. The topological polar surface area (TPSA) is 79.9 Å². The van der Waals surface area contributed by atoms with Gasteiger partial charge < -0.3 is 4.74 Å². The third-order valence-corrected chi connectivity index (χ3v) is 4.12. The second-order valence-electron chi connectivity index (χ2n) is 6.91. The van der Waals surface area contributed by atoms with Crippen LogP contribution in [0.25, 0.3) is 0 Å². The summed E-state index contributed by atoms with van der Waals surface area (Å²) in [6.45, 7) is 9.22. The van der Waals surface area contributed by atoms with E-state index in [0.717, 1.165) is 24.5 Å². The average molecular weight is 326 g/mol. The van der Waals surface area contributed by atoms with Gasteiger partial charge >= 0.3 is 0 Å². The Morgan fingerprint density at radius 3 is 2.67 bits per heavy atom. The van der Waals surface area contributed by atoms with E-state index in [-0.39, 0.29) is 11.6 Å². The molecule has 7 heteroatoms. The molecule has 1 fully saturated rings. The summed E-state index contributed by atoms with van der Waals surface area (Å²) in [5.74, 6) is 0.791. The molecule has 2 aromatic rings. The molecule has 1 saturated heterocycles. The lowest BCUT2D eigenvalue weighted by atomic mass is 10.00. The number of nitrogens with zero attached hydrogens (tertiary/aromatic N) is 6. The van der Waals surface area contributed by atoms with Crippen molar-refractivity contribution in [2.24, 2.45) is 0 Å². The van der Waals surface area contributed by atoms with Crippen LogP contribution in [0.5, 0.6) is 0 Å². The molecule has 0 saturated carbocycles. The van der Waals surface area contributed by atoms with Crippen molar-refractivity contribution in [1.82, 2.24) is 25.1 Å². The molecule has 1 aromatic carbocycles. The minimum Gasteiger partial charge on any atom is -0.379 e. The molecule has 0 bridgehead atoms. The molecule has 0 N–H and O–H groups in total. The summed E-state index contributed by atoms with van der Waals surface area (Å²) >= 11 is 0. The van der Waals surface area contributed by atoms with Crippen LogP contribution in [0.15, 0.2) is 24.3 Å². The Kier molecular flexibility index (Phi) is 4.60. The fourth-order valence-corrected chi connectivity index (χ4v) is 2.98. The summed E-state index contributed by atoms with van der Waals surface area (Å²) in [6.07, 6.45) is 0. The zero-order chi connectivity index (χ0) is 17.2. The molecule has 0 aliphatic carbocycles. The highest BCUT2D eigenvalue weighted by Gasteiger charge is 2.32. The van der Waals surface area contributed by atoms with Gasteiger partial charge in [0.2, 0.25) is 0 Å². The van der Waals surface area contributed by atoms with E-state index in [9.17, 15) is 5.26 Å². The van der Waals surface area contributed by atoms with Gasteiger partial charge in [0.1, 0.15) is 0 Å². The molecule has 2 heterocycles. The first-order valence-corrected chi connectivity index (χ1v) is 8.11. The van der Waals surface area contributed by atoms with Crippen LogP contribution in [0.1, 0.15) is 43.8 Å². The largest absolute Gasteiger partial charge is 0.379 e. The highest BCUT2D eigenvalue weighted by molar-refractivity contribution is 5.36. The summed E-state index contributed by atoms with van der Waals surface area (Å²) in [5, 5.41) is 21.7. The standard InChI is InChI=1S/C17H22N6O/c1-17(2,3)23-16(19-20-21-23)15(22-7-9-24-10-8-22)14-6-4-5-13(11-14)12-18/h4-6,11,15H,7-10H2,1-3H3/t15-/m0/s1. The fraction of sp³-hybridized carbons (Fsp3) is 0.529. The van der Waals surface area contributed by atoms with Gasteiger partial charge in [-0.05, 0) is 48.9 Å². The first kappa shape index (κ1) is 16.6. The lowest BCUT2D eigenvalue weighted by molar-refractivity contribution is 0.0208. The number of aromatic nitrogens is 4. The van der Waals surface area contributed by atoms with E-state index in [1.54, 1.807) is 0 Å². The van der Waals surface area contributed by atoms with Gasteiger partial charge in [-0.3, -0.25) is 4.90 Å². The smallest absolute Gasteiger partial charge is 0.173 e. The first-order valence-electron chi connectivity index (χ1n) is 8.11. The molecule has 0 spiro atoms. The van der Waals surface area contributed by atoms with Crippen LogP contribution >= 0.6 is 0 Å². The molecule has 0 radical (unpaired) electrons. The molecular weight excluding hydrogens is 304 g/mol. The van der Waals surface area contributed by atoms with Gasteiger partial charge in [-0.25, -0.2) is 4.68 Å². The normalized spacial score (nSPS) is 17.4. The SMILES string of the molecule is CC(C)(C)n1nnnc1[C@H](c1cccc(C#N)c1)N1CCOCC1. The van der Waals surface area contributed by atoms with Crippen molar-refractivity contribution in [3.05, 3.63) is 41.2 Å². The van der Waals surface area contributed by atoms with Crippen molar-refractivity contribution in [1.29, 1.82) is 5.26 Å². The molecule has 7 nitrogen and oxygen atoms in total. The molecule has 1 atom stereocenters. The Bertz CT molecular complexity index is 736. The number of hydrogen-bond donors (Lipinski definition) is 0. The summed E-state index contributed by atoms with van der Waals surface area (Å²) in [5.41, 5.74) is 1.44. The quantitative estimate of drug-likeness (QED) is 0.854. The highest BCUT2D eigenvalue weighted by Crippen LogP contribution is 2.30. The number of tetrazole rings is 1. The van der Waals surface area contributed by atoms with E-state index in [0.29, 0.717) is 18.8 Å². The maximum atomic E-state index is 9.24. The van der Waals surface area contributed by atoms with Gasteiger partial charge in [0, 0.05) is 13.1 Å². The van der Waals surface area contributed by atoms with Gasteiger partial charge in [0.25, 0.3) is 0 Å². The predicted octanol–water partition coefficient (Wildman–Crippen LogP) is 1.72. The number of rotatable bonds is 3. The van der Waals surface area contributed by atoms with Crippen molar-refractivity contribution in [3.63, 3.8) is 0 Å². The van der Waals surface area contributed by atoms with E-state index in [1.807, 2.05) is 28.9 Å². The van der Waals surface area contributed by atoms with Crippen LogP contribution in [-0.4, -0.2) is 51.4 Å². The zero-order valence-electron chi connectivity index (χ0n) is 14.3. The minimum absolute atomic E-state index is 0.101. The number of ether oxygens (including phenoxy) is 1. The summed E-state index contributed by atoms with van der Waals surface area (Å²) < 4.78 is 7.36.